The van der Waals surface area contributed by atoms with E-state index in [0.717, 1.165) is 0 Å². The fraction of sp³-hybridized carbons (Fsp3) is 0.917. The van der Waals surface area contributed by atoms with Crippen molar-refractivity contribution in [3.05, 3.63) is 0 Å². The van der Waals surface area contributed by atoms with Gasteiger partial charge in [0.1, 0.15) is 18.8 Å². The number of carbonyl (C=O) groups excluding carboxylic acids is 1. The molecule has 0 aromatic carbocycles. The average Bonchev–Trinajstić information content (AvgIpc) is 3.17. The molecule has 2 aliphatic heterocycles. The first-order valence-corrected chi connectivity index (χ1v) is 7.57. The summed E-state index contributed by atoms with van der Waals surface area (Å²) in [6.07, 6.45) is -2.61. The van der Waals surface area contributed by atoms with E-state index in [4.69, 9.17) is 34.2 Å². The van der Waals surface area contributed by atoms with Crippen LogP contribution in [0.25, 0.3) is 0 Å². The van der Waals surface area contributed by atoms with Crippen LogP contribution in [0.15, 0.2) is 0 Å². The van der Waals surface area contributed by atoms with Crippen LogP contribution in [0.4, 0.5) is 4.79 Å². The first kappa shape index (κ1) is 16.9. The number of amides is 1. The summed E-state index contributed by atoms with van der Waals surface area (Å²) in [6, 6.07) is 0. The van der Waals surface area contributed by atoms with Crippen molar-refractivity contribution in [2.24, 2.45) is 5.73 Å². The molecule has 1 amide bonds. The zero-order valence-corrected chi connectivity index (χ0v) is 13.8. The Morgan fingerprint density at radius 1 is 1.38 bits per heavy atom. The molecule has 21 heavy (non-hydrogen) atoms. The molecule has 0 spiro atoms. The van der Waals surface area contributed by atoms with Crippen LogP contribution >= 0.6 is 15.9 Å². The lowest BCUT2D eigenvalue weighted by Crippen LogP contribution is -2.66. The van der Waals surface area contributed by atoms with Gasteiger partial charge in [0.05, 0.1) is 11.9 Å². The van der Waals surface area contributed by atoms with Crippen molar-refractivity contribution >= 4 is 22.0 Å². The summed E-state index contributed by atoms with van der Waals surface area (Å²) < 4.78 is 32.9. The van der Waals surface area contributed by atoms with Gasteiger partial charge in [0.15, 0.2) is 11.9 Å². The van der Waals surface area contributed by atoms with E-state index in [0.29, 0.717) is 6.61 Å². The average molecular weight is 370 g/mol. The third-order valence-corrected chi connectivity index (χ3v) is 4.33. The summed E-state index contributed by atoms with van der Waals surface area (Å²) in [5.74, 6) is -2.16. The standard InChI is InChI=1S/C12H20BrNO7/c1-11(6-19-11)20-9-8(17-3)7(16-2)4-18-12(9,5-13)21-10(14)15/h7-9H,4-6H2,1-3H3,(H2,14,15)/t7-,8-,9-,11?,12+/m1/s1. The van der Waals surface area contributed by atoms with Crippen molar-refractivity contribution in [1.82, 2.24) is 0 Å². The van der Waals surface area contributed by atoms with Gasteiger partial charge in [-0.1, -0.05) is 15.9 Å². The van der Waals surface area contributed by atoms with Gasteiger partial charge in [-0.25, -0.2) is 4.79 Å². The summed E-state index contributed by atoms with van der Waals surface area (Å²) in [5.41, 5.74) is 5.16. The number of hydrogen-bond acceptors (Lipinski definition) is 7. The number of carbonyl (C=O) groups is 1. The molecule has 0 aliphatic carbocycles. The third-order valence-electron chi connectivity index (χ3n) is 3.55. The zero-order valence-electron chi connectivity index (χ0n) is 12.2. The van der Waals surface area contributed by atoms with E-state index in [1.807, 2.05) is 0 Å². The van der Waals surface area contributed by atoms with Crippen molar-refractivity contribution in [1.29, 1.82) is 0 Å². The summed E-state index contributed by atoms with van der Waals surface area (Å²) in [7, 11) is 3.07. The number of primary amides is 1. The highest BCUT2D eigenvalue weighted by Gasteiger charge is 2.59. The second-order valence-electron chi connectivity index (χ2n) is 5.11. The Balaban J connectivity index is 2.29. The molecule has 0 radical (unpaired) electrons. The molecule has 2 aliphatic rings. The Morgan fingerprint density at radius 2 is 2.05 bits per heavy atom. The topological polar surface area (TPSA) is 102 Å². The van der Waals surface area contributed by atoms with E-state index >= 15 is 0 Å². The quantitative estimate of drug-likeness (QED) is 0.532. The molecule has 0 aromatic heterocycles. The van der Waals surface area contributed by atoms with Crippen LogP contribution in [0.5, 0.6) is 0 Å². The minimum atomic E-state index is -1.41. The van der Waals surface area contributed by atoms with Crippen LogP contribution in [-0.2, 0) is 28.4 Å². The van der Waals surface area contributed by atoms with Crippen LogP contribution < -0.4 is 5.73 Å². The number of epoxide rings is 1. The van der Waals surface area contributed by atoms with E-state index in [9.17, 15) is 4.79 Å². The SMILES string of the molecule is CO[C@H]1[C@@H](OC2(C)CO2)[C@](CBr)(OC(N)=O)OC[C@H]1OC. The van der Waals surface area contributed by atoms with E-state index in [2.05, 4.69) is 15.9 Å². The molecule has 2 rings (SSSR count). The first-order chi connectivity index (χ1) is 9.89. The molecule has 1 unspecified atom stereocenters. The third kappa shape index (κ3) is 3.49. The summed E-state index contributed by atoms with van der Waals surface area (Å²) >= 11 is 3.29. The first-order valence-electron chi connectivity index (χ1n) is 6.45. The largest absolute Gasteiger partial charge is 0.413 e. The molecule has 2 fully saturated rings. The van der Waals surface area contributed by atoms with Gasteiger partial charge in [-0.05, 0) is 6.92 Å². The Kier molecular flexibility index (Phi) is 5.11. The molecular formula is C12H20BrNO7. The minimum Gasteiger partial charge on any atom is -0.413 e. The second kappa shape index (κ2) is 6.35. The van der Waals surface area contributed by atoms with Gasteiger partial charge in [-0.2, -0.15) is 0 Å². The number of nitrogens with two attached hydrogens (primary N) is 1. The van der Waals surface area contributed by atoms with E-state index < -0.39 is 29.9 Å². The molecule has 0 bridgehead atoms. The molecule has 8 nitrogen and oxygen atoms in total. The highest BCUT2D eigenvalue weighted by atomic mass is 79.9. The van der Waals surface area contributed by atoms with Gasteiger partial charge in [0.25, 0.3) is 5.79 Å². The predicted molar refractivity (Wildman–Crippen MR) is 74.0 cm³/mol. The lowest BCUT2D eigenvalue weighted by atomic mass is 9.97. The fourth-order valence-corrected chi connectivity index (χ4v) is 2.91. The zero-order chi connectivity index (χ0) is 15.7. The number of ether oxygens (including phenoxy) is 6. The maximum Gasteiger partial charge on any atom is 0.407 e. The van der Waals surface area contributed by atoms with Gasteiger partial charge in [-0.3, -0.25) is 0 Å². The number of hydrogen-bond donors (Lipinski definition) is 1. The van der Waals surface area contributed by atoms with Crippen LogP contribution in [0.2, 0.25) is 0 Å². The number of alkyl halides is 1. The van der Waals surface area contributed by atoms with Crippen LogP contribution in [-0.4, -0.2) is 68.7 Å². The lowest BCUT2D eigenvalue weighted by molar-refractivity contribution is -0.336. The monoisotopic (exact) mass is 369 g/mol. The van der Waals surface area contributed by atoms with Crippen molar-refractivity contribution in [3.8, 4) is 0 Å². The molecule has 0 aromatic rings. The van der Waals surface area contributed by atoms with Crippen LogP contribution in [0.1, 0.15) is 6.92 Å². The van der Waals surface area contributed by atoms with Gasteiger partial charge in [0.2, 0.25) is 0 Å². The van der Waals surface area contributed by atoms with Crippen LogP contribution in [0.3, 0.4) is 0 Å². The highest BCUT2D eigenvalue weighted by molar-refractivity contribution is 9.09. The Labute approximate surface area is 131 Å². The summed E-state index contributed by atoms with van der Waals surface area (Å²) in [4.78, 5) is 11.2. The Bertz CT molecular complexity index is 392. The molecule has 9 heteroatoms. The molecule has 122 valence electrons. The van der Waals surface area contributed by atoms with E-state index in [1.165, 1.54) is 7.11 Å². The number of halogens is 1. The van der Waals surface area contributed by atoms with Crippen molar-refractivity contribution < 1.29 is 33.2 Å². The second-order valence-corrected chi connectivity index (χ2v) is 5.67. The van der Waals surface area contributed by atoms with Gasteiger partial charge in [0, 0.05) is 14.2 Å². The minimum absolute atomic E-state index is 0.167. The normalized spacial score (nSPS) is 42.6. The fourth-order valence-electron chi connectivity index (χ4n) is 2.32. The maximum absolute atomic E-state index is 11.2. The van der Waals surface area contributed by atoms with Gasteiger partial charge < -0.3 is 34.2 Å². The predicted octanol–water partition coefficient (Wildman–Crippen LogP) is 0.365. The van der Waals surface area contributed by atoms with E-state index in [1.54, 1.807) is 14.0 Å². The Morgan fingerprint density at radius 3 is 2.48 bits per heavy atom. The van der Waals surface area contributed by atoms with Gasteiger partial charge >= 0.3 is 6.09 Å². The number of rotatable bonds is 6. The molecule has 2 N–H and O–H groups in total. The van der Waals surface area contributed by atoms with Crippen molar-refractivity contribution in [2.75, 3.05) is 32.8 Å². The van der Waals surface area contributed by atoms with Gasteiger partial charge in [-0.15, -0.1) is 0 Å². The molecule has 2 saturated heterocycles. The molecule has 2 heterocycles. The smallest absolute Gasteiger partial charge is 0.407 e. The van der Waals surface area contributed by atoms with Crippen molar-refractivity contribution in [2.45, 2.75) is 36.8 Å². The van der Waals surface area contributed by atoms with Crippen molar-refractivity contribution in [3.63, 3.8) is 0 Å². The van der Waals surface area contributed by atoms with Crippen LogP contribution in [0, 0.1) is 0 Å². The Hall–Kier alpha value is -0.450. The lowest BCUT2D eigenvalue weighted by Gasteiger charge is -2.47. The summed E-state index contributed by atoms with van der Waals surface area (Å²) in [5, 5.41) is 0.167. The highest BCUT2D eigenvalue weighted by Crippen LogP contribution is 2.39. The number of methoxy groups -OCH3 is 2. The maximum atomic E-state index is 11.2. The molecular weight excluding hydrogens is 350 g/mol. The summed E-state index contributed by atoms with van der Waals surface area (Å²) in [6.45, 7) is 2.39. The molecule has 5 atom stereocenters. The van der Waals surface area contributed by atoms with E-state index in [-0.39, 0.29) is 18.0 Å². The molecule has 0 saturated carbocycles.